The number of ether oxygens (including phenoxy) is 2. The summed E-state index contributed by atoms with van der Waals surface area (Å²) >= 11 is 0. The SMILES string of the molecule is CCCCCCCCCCCN(C[C@H]1O[C@H](OC)[C@H](O)[C@@H](O)[C@@H]1O)C(=O)CCCCC(=O)O. The molecule has 1 amide bonds. The standard InChI is InChI=1S/C24H45NO8/c1-3-4-5-6-7-8-9-10-13-16-25(19(26)14-11-12-15-20(27)28)17-18-21(29)22(30)23(31)24(32-2)33-18/h18,21-24,29-31H,3-17H2,1-2H3,(H,27,28)/t18-,21-,22+,23-,24+/m1/s1. The van der Waals surface area contributed by atoms with Crippen molar-refractivity contribution in [1.82, 2.24) is 4.90 Å². The molecule has 1 heterocycles. The van der Waals surface area contributed by atoms with Crippen LogP contribution in [0.5, 0.6) is 0 Å². The molecule has 194 valence electrons. The van der Waals surface area contributed by atoms with Crippen LogP contribution in [0, 0.1) is 0 Å². The van der Waals surface area contributed by atoms with E-state index in [1.54, 1.807) is 4.90 Å². The van der Waals surface area contributed by atoms with Crippen molar-refractivity contribution in [2.24, 2.45) is 0 Å². The Bertz CT molecular complexity index is 545. The molecule has 0 aromatic heterocycles. The number of carboxylic acids is 1. The number of unbranched alkanes of at least 4 members (excludes halogenated alkanes) is 9. The van der Waals surface area contributed by atoms with Crippen molar-refractivity contribution in [3.8, 4) is 0 Å². The summed E-state index contributed by atoms with van der Waals surface area (Å²) in [6, 6.07) is 0. The van der Waals surface area contributed by atoms with Crippen molar-refractivity contribution >= 4 is 11.9 Å². The number of methoxy groups -OCH3 is 1. The number of aliphatic hydroxyl groups is 3. The molecule has 0 saturated carbocycles. The predicted octanol–water partition coefficient (Wildman–Crippen LogP) is 2.44. The van der Waals surface area contributed by atoms with Gasteiger partial charge in [0.15, 0.2) is 6.29 Å². The number of hydrogen-bond donors (Lipinski definition) is 4. The summed E-state index contributed by atoms with van der Waals surface area (Å²) in [5, 5.41) is 39.2. The first-order valence-electron chi connectivity index (χ1n) is 12.5. The second-order valence-electron chi connectivity index (χ2n) is 9.02. The van der Waals surface area contributed by atoms with E-state index in [9.17, 15) is 24.9 Å². The Morgan fingerprint density at radius 1 is 0.818 bits per heavy atom. The Labute approximate surface area is 198 Å². The molecule has 9 nitrogen and oxygen atoms in total. The van der Waals surface area contributed by atoms with Gasteiger partial charge in [-0.3, -0.25) is 9.59 Å². The molecule has 0 aliphatic carbocycles. The first-order chi connectivity index (χ1) is 15.8. The Morgan fingerprint density at radius 2 is 1.39 bits per heavy atom. The van der Waals surface area contributed by atoms with Crippen LogP contribution < -0.4 is 0 Å². The average molecular weight is 476 g/mol. The van der Waals surface area contributed by atoms with Crippen molar-refractivity contribution in [3.05, 3.63) is 0 Å². The van der Waals surface area contributed by atoms with Crippen molar-refractivity contribution in [1.29, 1.82) is 0 Å². The highest BCUT2D eigenvalue weighted by molar-refractivity contribution is 5.76. The van der Waals surface area contributed by atoms with Crippen molar-refractivity contribution in [2.45, 2.75) is 121 Å². The van der Waals surface area contributed by atoms with Gasteiger partial charge in [0.05, 0.1) is 0 Å². The van der Waals surface area contributed by atoms with E-state index < -0.39 is 36.7 Å². The minimum absolute atomic E-state index is 0.0234. The second-order valence-corrected chi connectivity index (χ2v) is 9.02. The monoisotopic (exact) mass is 475 g/mol. The number of carbonyl (C=O) groups excluding carboxylic acids is 1. The zero-order valence-corrected chi connectivity index (χ0v) is 20.4. The molecule has 5 atom stereocenters. The van der Waals surface area contributed by atoms with E-state index in [0.717, 1.165) is 19.3 Å². The van der Waals surface area contributed by atoms with Crippen LogP contribution >= 0.6 is 0 Å². The summed E-state index contributed by atoms with van der Waals surface area (Å²) < 4.78 is 10.7. The highest BCUT2D eigenvalue weighted by atomic mass is 16.7. The van der Waals surface area contributed by atoms with Gasteiger partial charge in [0.2, 0.25) is 5.91 Å². The van der Waals surface area contributed by atoms with E-state index in [4.69, 9.17) is 14.6 Å². The van der Waals surface area contributed by atoms with Gasteiger partial charge in [0.1, 0.15) is 24.4 Å². The fourth-order valence-corrected chi connectivity index (χ4v) is 4.12. The summed E-state index contributed by atoms with van der Waals surface area (Å²) in [6.45, 7) is 2.77. The number of aliphatic carboxylic acids is 1. The number of aliphatic hydroxyl groups excluding tert-OH is 3. The molecule has 0 radical (unpaired) electrons. The Balaban J connectivity index is 2.56. The minimum atomic E-state index is -1.44. The van der Waals surface area contributed by atoms with Gasteiger partial charge in [-0.1, -0.05) is 58.3 Å². The van der Waals surface area contributed by atoms with Crippen LogP contribution in [0.4, 0.5) is 0 Å². The number of carboxylic acid groups (broad SMARTS) is 1. The molecular weight excluding hydrogens is 430 g/mol. The van der Waals surface area contributed by atoms with Crippen LogP contribution in [0.1, 0.15) is 90.4 Å². The summed E-state index contributed by atoms with van der Waals surface area (Å²) in [6.07, 6.45) is 5.38. The maximum atomic E-state index is 12.8. The van der Waals surface area contributed by atoms with Gasteiger partial charge in [-0.15, -0.1) is 0 Å². The van der Waals surface area contributed by atoms with Crippen LogP contribution in [0.3, 0.4) is 0 Å². The highest BCUT2D eigenvalue weighted by Gasteiger charge is 2.44. The van der Waals surface area contributed by atoms with Crippen molar-refractivity contribution in [2.75, 3.05) is 20.2 Å². The largest absolute Gasteiger partial charge is 0.481 e. The molecule has 4 N–H and O–H groups in total. The minimum Gasteiger partial charge on any atom is -0.481 e. The highest BCUT2D eigenvalue weighted by Crippen LogP contribution is 2.23. The smallest absolute Gasteiger partial charge is 0.303 e. The maximum absolute atomic E-state index is 12.8. The summed E-state index contributed by atoms with van der Waals surface area (Å²) in [5.41, 5.74) is 0. The Morgan fingerprint density at radius 3 is 1.97 bits per heavy atom. The Kier molecular flexibility index (Phi) is 15.5. The zero-order valence-electron chi connectivity index (χ0n) is 20.4. The number of carbonyl (C=O) groups is 2. The van der Waals surface area contributed by atoms with Gasteiger partial charge < -0.3 is 34.8 Å². The van der Waals surface area contributed by atoms with Crippen LogP contribution in [0.25, 0.3) is 0 Å². The van der Waals surface area contributed by atoms with Gasteiger partial charge in [-0.25, -0.2) is 0 Å². The van der Waals surface area contributed by atoms with Crippen LogP contribution in [-0.2, 0) is 19.1 Å². The number of amides is 1. The average Bonchev–Trinajstić information content (AvgIpc) is 2.79. The van der Waals surface area contributed by atoms with Gasteiger partial charge in [0.25, 0.3) is 0 Å². The quantitative estimate of drug-likeness (QED) is 0.222. The molecular formula is C24H45NO8. The molecule has 0 aromatic carbocycles. The molecule has 9 heteroatoms. The molecule has 1 aliphatic rings. The van der Waals surface area contributed by atoms with E-state index in [1.807, 2.05) is 0 Å². The number of nitrogens with zero attached hydrogens (tertiary/aromatic N) is 1. The first kappa shape index (κ1) is 29.8. The molecule has 0 spiro atoms. The van der Waals surface area contributed by atoms with Gasteiger partial charge in [-0.05, 0) is 19.3 Å². The van der Waals surface area contributed by atoms with E-state index >= 15 is 0 Å². The molecule has 0 unspecified atom stereocenters. The van der Waals surface area contributed by atoms with Gasteiger partial charge in [0, 0.05) is 33.0 Å². The third kappa shape index (κ3) is 11.6. The van der Waals surface area contributed by atoms with E-state index in [-0.39, 0.29) is 25.3 Å². The lowest BCUT2D eigenvalue weighted by Crippen LogP contribution is -2.60. The maximum Gasteiger partial charge on any atom is 0.303 e. The first-order valence-corrected chi connectivity index (χ1v) is 12.5. The lowest BCUT2D eigenvalue weighted by Gasteiger charge is -2.41. The third-order valence-electron chi connectivity index (χ3n) is 6.22. The molecule has 1 fully saturated rings. The van der Waals surface area contributed by atoms with Crippen LogP contribution in [0.15, 0.2) is 0 Å². The third-order valence-corrected chi connectivity index (χ3v) is 6.22. The molecule has 0 aromatic rings. The summed E-state index contributed by atoms with van der Waals surface area (Å²) in [5.74, 6) is -1.02. The Hall–Kier alpha value is -1.26. The normalized spacial score (nSPS) is 25.2. The molecule has 1 saturated heterocycles. The van der Waals surface area contributed by atoms with Gasteiger partial charge >= 0.3 is 5.97 Å². The summed E-state index contributed by atoms with van der Waals surface area (Å²) in [4.78, 5) is 25.1. The zero-order chi connectivity index (χ0) is 24.6. The fraction of sp³-hybridized carbons (Fsp3) is 0.917. The van der Waals surface area contributed by atoms with Crippen LogP contribution in [0.2, 0.25) is 0 Å². The lowest BCUT2D eigenvalue weighted by molar-refractivity contribution is -0.291. The van der Waals surface area contributed by atoms with Crippen molar-refractivity contribution < 1.29 is 39.5 Å². The van der Waals surface area contributed by atoms with E-state index in [1.165, 1.54) is 45.6 Å². The number of rotatable bonds is 18. The molecule has 1 rings (SSSR count). The molecule has 0 bridgehead atoms. The number of hydrogen-bond acceptors (Lipinski definition) is 7. The van der Waals surface area contributed by atoms with Crippen LogP contribution in [-0.4, -0.2) is 88.1 Å². The van der Waals surface area contributed by atoms with Crippen molar-refractivity contribution in [3.63, 3.8) is 0 Å². The second kappa shape index (κ2) is 17.2. The molecule has 33 heavy (non-hydrogen) atoms. The van der Waals surface area contributed by atoms with E-state index in [0.29, 0.717) is 19.4 Å². The molecule has 1 aliphatic heterocycles. The predicted molar refractivity (Wildman–Crippen MR) is 124 cm³/mol. The topological polar surface area (TPSA) is 137 Å². The summed E-state index contributed by atoms with van der Waals surface area (Å²) in [7, 11) is 1.34. The van der Waals surface area contributed by atoms with E-state index in [2.05, 4.69) is 6.92 Å². The lowest BCUT2D eigenvalue weighted by atomic mass is 9.98. The fourth-order valence-electron chi connectivity index (χ4n) is 4.12. The van der Waals surface area contributed by atoms with Gasteiger partial charge in [-0.2, -0.15) is 0 Å².